The third kappa shape index (κ3) is 1.24. The summed E-state index contributed by atoms with van der Waals surface area (Å²) < 4.78 is 0. The maximum atomic E-state index is 4.51. The van der Waals surface area contributed by atoms with Gasteiger partial charge in [0.05, 0.1) is 0 Å². The Morgan fingerprint density at radius 3 is 3.45 bits per heavy atom. The number of rotatable bonds is 1. The van der Waals surface area contributed by atoms with Gasteiger partial charge in [0.25, 0.3) is 0 Å². The Labute approximate surface area is 72.0 Å². The maximum Gasteiger partial charge on any atom is 0.0360 e. The highest BCUT2D eigenvalue weighted by atomic mass is 32.2. The molecule has 11 heavy (non-hydrogen) atoms. The van der Waals surface area contributed by atoms with Crippen LogP contribution >= 0.6 is 11.8 Å². The Morgan fingerprint density at radius 1 is 1.73 bits per heavy atom. The first-order chi connectivity index (χ1) is 5.42. The van der Waals surface area contributed by atoms with Gasteiger partial charge in [-0.2, -0.15) is 11.8 Å². The molecule has 1 heterocycles. The largest absolute Gasteiger partial charge is 0.293 e. The lowest BCUT2D eigenvalue weighted by atomic mass is 10.0. The van der Waals surface area contributed by atoms with Crippen molar-refractivity contribution < 1.29 is 0 Å². The molecule has 0 aromatic rings. The Morgan fingerprint density at radius 2 is 2.64 bits per heavy atom. The van der Waals surface area contributed by atoms with Crippen molar-refractivity contribution in [2.24, 2.45) is 10.9 Å². The van der Waals surface area contributed by atoms with Gasteiger partial charge in [-0.15, -0.1) is 0 Å². The van der Waals surface area contributed by atoms with Crippen LogP contribution in [0.1, 0.15) is 13.3 Å². The van der Waals surface area contributed by atoms with E-state index >= 15 is 0 Å². The average Bonchev–Trinajstić information content (AvgIpc) is 2.53. The number of allylic oxidation sites excluding steroid dienone is 2. The quantitative estimate of drug-likeness (QED) is 0.545. The lowest BCUT2D eigenvalue weighted by Crippen LogP contribution is -2.12. The summed E-state index contributed by atoms with van der Waals surface area (Å²) >= 11 is 2.07. The van der Waals surface area contributed by atoms with E-state index in [0.717, 1.165) is 11.8 Å². The summed E-state index contributed by atoms with van der Waals surface area (Å²) in [5, 5.41) is 0.834. The molecule has 1 nitrogen and oxygen atoms in total. The predicted molar refractivity (Wildman–Crippen MR) is 51.5 cm³/mol. The molecule has 1 fully saturated rings. The molecule has 2 rings (SSSR count). The van der Waals surface area contributed by atoms with E-state index < -0.39 is 0 Å². The number of hydrogen-bond acceptors (Lipinski definition) is 2. The van der Waals surface area contributed by atoms with Crippen molar-refractivity contribution in [2.45, 2.75) is 18.6 Å². The van der Waals surface area contributed by atoms with Gasteiger partial charge in [0, 0.05) is 29.2 Å². The van der Waals surface area contributed by atoms with E-state index in [1.54, 1.807) is 0 Å². The predicted octanol–water partition coefficient (Wildman–Crippen LogP) is 2.14. The van der Waals surface area contributed by atoms with Crippen LogP contribution in [-0.2, 0) is 0 Å². The standard InChI is InChI=1S/C9H13NS/c1-2-10-8-6-11-9-5-3-4-7(8)9/h3-4,7,9H,2,5-6H2,1H3. The highest BCUT2D eigenvalue weighted by Crippen LogP contribution is 2.37. The first-order valence-corrected chi connectivity index (χ1v) is 5.28. The van der Waals surface area contributed by atoms with Gasteiger partial charge in [-0.3, -0.25) is 4.99 Å². The van der Waals surface area contributed by atoms with E-state index in [2.05, 4.69) is 35.8 Å². The summed E-state index contributed by atoms with van der Waals surface area (Å²) in [6.07, 6.45) is 5.89. The Kier molecular flexibility index (Phi) is 2.03. The minimum atomic E-state index is 0.694. The SMILES string of the molecule is CCN=C1CSC2CC=CC12. The monoisotopic (exact) mass is 167 g/mol. The van der Waals surface area contributed by atoms with Gasteiger partial charge in [0.15, 0.2) is 0 Å². The molecule has 0 bridgehead atoms. The zero-order valence-electron chi connectivity index (χ0n) is 6.79. The molecule has 1 aliphatic heterocycles. The van der Waals surface area contributed by atoms with Gasteiger partial charge in [0.1, 0.15) is 0 Å². The molecule has 2 atom stereocenters. The molecule has 0 amide bonds. The van der Waals surface area contributed by atoms with Gasteiger partial charge < -0.3 is 0 Å². The Balaban J connectivity index is 2.14. The zero-order chi connectivity index (χ0) is 7.68. The van der Waals surface area contributed by atoms with Crippen LogP contribution in [0.3, 0.4) is 0 Å². The molecule has 0 saturated carbocycles. The molecular formula is C9H13NS. The van der Waals surface area contributed by atoms with E-state index in [9.17, 15) is 0 Å². The number of hydrogen-bond donors (Lipinski definition) is 0. The molecule has 1 saturated heterocycles. The molecule has 0 radical (unpaired) electrons. The lowest BCUT2D eigenvalue weighted by Gasteiger charge is -2.05. The van der Waals surface area contributed by atoms with Crippen molar-refractivity contribution in [3.8, 4) is 0 Å². The Bertz CT molecular complexity index is 208. The lowest BCUT2D eigenvalue weighted by molar-refractivity contribution is 0.843. The molecule has 0 spiro atoms. The third-order valence-corrected chi connectivity index (χ3v) is 3.68. The van der Waals surface area contributed by atoms with Crippen LogP contribution < -0.4 is 0 Å². The number of nitrogens with zero attached hydrogens (tertiary/aromatic N) is 1. The van der Waals surface area contributed by atoms with Crippen molar-refractivity contribution >= 4 is 17.5 Å². The minimum absolute atomic E-state index is 0.694. The smallest absolute Gasteiger partial charge is 0.0360 e. The fraction of sp³-hybridized carbons (Fsp3) is 0.667. The third-order valence-electron chi connectivity index (χ3n) is 2.30. The highest BCUT2D eigenvalue weighted by molar-refractivity contribution is 8.01. The van der Waals surface area contributed by atoms with E-state index in [1.807, 2.05) is 0 Å². The van der Waals surface area contributed by atoms with Crippen LogP contribution in [0.25, 0.3) is 0 Å². The molecule has 1 aliphatic carbocycles. The highest BCUT2D eigenvalue weighted by Gasteiger charge is 2.33. The van der Waals surface area contributed by atoms with Crippen LogP contribution in [0, 0.1) is 5.92 Å². The van der Waals surface area contributed by atoms with Gasteiger partial charge in [-0.25, -0.2) is 0 Å². The van der Waals surface area contributed by atoms with Gasteiger partial charge >= 0.3 is 0 Å². The van der Waals surface area contributed by atoms with Gasteiger partial charge in [-0.05, 0) is 13.3 Å². The van der Waals surface area contributed by atoms with Gasteiger partial charge in [-0.1, -0.05) is 12.2 Å². The van der Waals surface area contributed by atoms with Crippen LogP contribution in [0.15, 0.2) is 17.1 Å². The molecule has 60 valence electrons. The second-order valence-electron chi connectivity index (χ2n) is 3.00. The molecule has 2 aliphatic rings. The summed E-state index contributed by atoms with van der Waals surface area (Å²) in [5.74, 6) is 1.87. The van der Waals surface area contributed by atoms with Crippen molar-refractivity contribution in [3.63, 3.8) is 0 Å². The molecule has 0 N–H and O–H groups in total. The summed E-state index contributed by atoms with van der Waals surface area (Å²) in [7, 11) is 0. The number of aliphatic imine (C=N–C) groups is 1. The van der Waals surface area contributed by atoms with Crippen LogP contribution in [0.2, 0.25) is 0 Å². The molecule has 0 aromatic carbocycles. The zero-order valence-corrected chi connectivity index (χ0v) is 7.60. The summed E-state index contributed by atoms with van der Waals surface area (Å²) in [6.45, 7) is 3.07. The maximum absolute atomic E-state index is 4.51. The van der Waals surface area contributed by atoms with E-state index in [0.29, 0.717) is 5.92 Å². The van der Waals surface area contributed by atoms with Crippen LogP contribution in [0.4, 0.5) is 0 Å². The summed E-state index contributed by atoms with van der Waals surface area (Å²) in [5.41, 5.74) is 1.43. The van der Waals surface area contributed by atoms with E-state index in [4.69, 9.17) is 0 Å². The molecule has 2 heteroatoms. The number of fused-ring (bicyclic) bond motifs is 1. The normalized spacial score (nSPS) is 38.5. The fourth-order valence-electron chi connectivity index (χ4n) is 1.77. The molecular weight excluding hydrogens is 154 g/mol. The minimum Gasteiger partial charge on any atom is -0.293 e. The number of thioether (sulfide) groups is 1. The van der Waals surface area contributed by atoms with Crippen LogP contribution in [0.5, 0.6) is 0 Å². The first-order valence-electron chi connectivity index (χ1n) is 4.23. The van der Waals surface area contributed by atoms with Gasteiger partial charge in [0.2, 0.25) is 0 Å². The topological polar surface area (TPSA) is 12.4 Å². The molecule has 2 unspecified atom stereocenters. The summed E-state index contributed by atoms with van der Waals surface area (Å²) in [4.78, 5) is 4.51. The van der Waals surface area contributed by atoms with Crippen molar-refractivity contribution in [1.29, 1.82) is 0 Å². The van der Waals surface area contributed by atoms with Crippen molar-refractivity contribution in [3.05, 3.63) is 12.2 Å². The van der Waals surface area contributed by atoms with Crippen LogP contribution in [-0.4, -0.2) is 23.3 Å². The van der Waals surface area contributed by atoms with Crippen molar-refractivity contribution in [1.82, 2.24) is 0 Å². The van der Waals surface area contributed by atoms with Crippen molar-refractivity contribution in [2.75, 3.05) is 12.3 Å². The average molecular weight is 167 g/mol. The summed E-state index contributed by atoms with van der Waals surface area (Å²) in [6, 6.07) is 0. The second-order valence-corrected chi connectivity index (χ2v) is 4.23. The first kappa shape index (κ1) is 7.41. The molecule has 0 aromatic heterocycles. The Hall–Kier alpha value is -0.240. The van der Waals surface area contributed by atoms with E-state index in [1.165, 1.54) is 17.9 Å². The fourth-order valence-corrected chi connectivity index (χ4v) is 3.14. The van der Waals surface area contributed by atoms with E-state index in [-0.39, 0.29) is 0 Å². The second kappa shape index (κ2) is 3.02.